The maximum absolute atomic E-state index is 13.8. The van der Waals surface area contributed by atoms with E-state index < -0.39 is 0 Å². The molecule has 6 nitrogen and oxygen atoms in total. The van der Waals surface area contributed by atoms with E-state index in [-0.39, 0.29) is 30.6 Å². The minimum Gasteiger partial charge on any atom is -0.348 e. The topological polar surface area (TPSA) is 76.0 Å². The molecule has 0 fully saturated rings. The molecule has 0 bridgehead atoms. The molecule has 0 saturated carbocycles. The quantitative estimate of drug-likeness (QED) is 0.582. The number of halogens is 2. The highest BCUT2D eigenvalue weighted by Crippen LogP contribution is 2.16. The highest BCUT2D eigenvalue weighted by Gasteiger charge is 2.10. The smallest absolute Gasteiger partial charge is 0.251 e. The van der Waals surface area contributed by atoms with Crippen LogP contribution in [0.1, 0.15) is 22.3 Å². The van der Waals surface area contributed by atoms with Crippen LogP contribution in [-0.2, 0) is 17.9 Å². The third-order valence-electron chi connectivity index (χ3n) is 4.01. The monoisotopic (exact) mass is 444 g/mol. The van der Waals surface area contributed by atoms with Crippen molar-refractivity contribution in [2.24, 2.45) is 0 Å². The van der Waals surface area contributed by atoms with E-state index in [1.807, 2.05) is 4.57 Å². The van der Waals surface area contributed by atoms with Gasteiger partial charge in [0.25, 0.3) is 5.91 Å². The van der Waals surface area contributed by atoms with Gasteiger partial charge in [-0.25, -0.2) is 9.37 Å². The van der Waals surface area contributed by atoms with E-state index in [1.165, 1.54) is 6.07 Å². The lowest BCUT2D eigenvalue weighted by atomic mass is 10.1. The average Bonchev–Trinajstić information content (AvgIpc) is 3.21. The van der Waals surface area contributed by atoms with Gasteiger partial charge < -0.3 is 15.2 Å². The zero-order chi connectivity index (χ0) is 19.9. The second kappa shape index (κ2) is 9.27. The second-order valence-electron chi connectivity index (χ2n) is 6.10. The van der Waals surface area contributed by atoms with Gasteiger partial charge in [0.2, 0.25) is 5.91 Å². The fourth-order valence-electron chi connectivity index (χ4n) is 2.57. The van der Waals surface area contributed by atoms with Crippen LogP contribution in [0.25, 0.3) is 0 Å². The molecule has 8 heteroatoms. The van der Waals surface area contributed by atoms with E-state index in [2.05, 4.69) is 31.5 Å². The summed E-state index contributed by atoms with van der Waals surface area (Å²) in [5.74, 6) is -0.904. The van der Waals surface area contributed by atoms with E-state index in [0.29, 0.717) is 23.4 Å². The van der Waals surface area contributed by atoms with Crippen molar-refractivity contribution in [3.05, 3.63) is 82.6 Å². The van der Waals surface area contributed by atoms with Crippen LogP contribution in [0.5, 0.6) is 0 Å². The number of rotatable bonds is 7. The Hall–Kier alpha value is -3.00. The Labute approximate surface area is 169 Å². The Kier molecular flexibility index (Phi) is 6.54. The molecular formula is C20H18BrFN4O2. The molecule has 0 atom stereocenters. The molecule has 0 saturated heterocycles. The first-order chi connectivity index (χ1) is 13.5. The minimum atomic E-state index is -0.387. The highest BCUT2D eigenvalue weighted by atomic mass is 79.9. The van der Waals surface area contributed by atoms with Crippen LogP contribution in [0.15, 0.2) is 65.7 Å². The number of nitrogens with one attached hydrogen (secondary N) is 2. The summed E-state index contributed by atoms with van der Waals surface area (Å²) in [5, 5.41) is 5.46. The molecule has 0 aliphatic heterocycles. The highest BCUT2D eigenvalue weighted by molar-refractivity contribution is 9.10. The number of anilines is 1. The normalized spacial score (nSPS) is 10.5. The van der Waals surface area contributed by atoms with Crippen LogP contribution in [-0.4, -0.2) is 21.4 Å². The van der Waals surface area contributed by atoms with Crippen molar-refractivity contribution in [2.45, 2.75) is 19.5 Å². The first-order valence-corrected chi connectivity index (χ1v) is 9.38. The summed E-state index contributed by atoms with van der Waals surface area (Å²) >= 11 is 3.28. The van der Waals surface area contributed by atoms with Gasteiger partial charge >= 0.3 is 0 Å². The summed E-state index contributed by atoms with van der Waals surface area (Å²) in [6.07, 6.45) is 5.37. The summed E-state index contributed by atoms with van der Waals surface area (Å²) < 4.78 is 16.3. The number of hydrogen-bond donors (Lipinski definition) is 2. The molecule has 0 unspecified atom stereocenters. The number of carbonyl (C=O) groups is 2. The van der Waals surface area contributed by atoms with E-state index >= 15 is 0 Å². The summed E-state index contributed by atoms with van der Waals surface area (Å²) in [6.45, 7) is 0.579. The van der Waals surface area contributed by atoms with Crippen molar-refractivity contribution in [3.63, 3.8) is 0 Å². The van der Waals surface area contributed by atoms with Crippen LogP contribution in [0, 0.1) is 5.82 Å². The number of aromatic nitrogens is 2. The molecule has 2 amide bonds. The first kappa shape index (κ1) is 19.8. The molecule has 28 heavy (non-hydrogen) atoms. The number of aryl methyl sites for hydroxylation is 1. The maximum atomic E-state index is 13.8. The van der Waals surface area contributed by atoms with Crippen molar-refractivity contribution < 1.29 is 14.0 Å². The van der Waals surface area contributed by atoms with E-state index in [9.17, 15) is 14.0 Å². The number of imidazole rings is 1. The van der Waals surface area contributed by atoms with E-state index in [1.54, 1.807) is 55.1 Å². The predicted octanol–water partition coefficient (Wildman–Crippen LogP) is 3.74. The fraction of sp³-hybridized carbons (Fsp3) is 0.150. The summed E-state index contributed by atoms with van der Waals surface area (Å²) in [5.41, 5.74) is 1.28. The van der Waals surface area contributed by atoms with E-state index in [4.69, 9.17) is 0 Å². The van der Waals surface area contributed by atoms with Gasteiger partial charge in [-0.1, -0.05) is 22.0 Å². The SMILES string of the molecule is O=C(CCn1ccnc1)Nc1cccc(C(=O)NCc2cc(Br)ccc2F)c1. The molecule has 1 heterocycles. The fourth-order valence-corrected chi connectivity index (χ4v) is 2.98. The van der Waals surface area contributed by atoms with Gasteiger partial charge in [0.15, 0.2) is 0 Å². The Morgan fingerprint density at radius 3 is 2.82 bits per heavy atom. The first-order valence-electron chi connectivity index (χ1n) is 8.59. The number of amides is 2. The van der Waals surface area contributed by atoms with Gasteiger partial charge in [-0.15, -0.1) is 0 Å². The summed E-state index contributed by atoms with van der Waals surface area (Å²) in [7, 11) is 0. The molecule has 3 aromatic rings. The number of nitrogens with zero attached hydrogens (tertiary/aromatic N) is 2. The molecule has 2 aromatic carbocycles. The number of hydrogen-bond acceptors (Lipinski definition) is 3. The standard InChI is InChI=1S/C20H18BrFN4O2/c21-16-4-5-18(22)15(10-16)12-24-20(28)14-2-1-3-17(11-14)25-19(27)6-8-26-9-7-23-13-26/h1-5,7,9-11,13H,6,8,12H2,(H,24,28)(H,25,27). The van der Waals surface area contributed by atoms with Crippen LogP contribution in [0.3, 0.4) is 0 Å². The van der Waals surface area contributed by atoms with Gasteiger partial charge in [-0.2, -0.15) is 0 Å². The number of benzene rings is 2. The zero-order valence-electron chi connectivity index (χ0n) is 14.9. The molecule has 3 rings (SSSR count). The Morgan fingerprint density at radius 2 is 2.04 bits per heavy atom. The molecular weight excluding hydrogens is 427 g/mol. The minimum absolute atomic E-state index is 0.0611. The Bertz CT molecular complexity index is 976. The lowest BCUT2D eigenvalue weighted by molar-refractivity contribution is -0.116. The molecule has 1 aromatic heterocycles. The maximum Gasteiger partial charge on any atom is 0.251 e. The van der Waals surface area contributed by atoms with Gasteiger partial charge in [0.1, 0.15) is 5.82 Å². The van der Waals surface area contributed by atoms with E-state index in [0.717, 1.165) is 4.47 Å². The predicted molar refractivity (Wildman–Crippen MR) is 107 cm³/mol. The molecule has 144 valence electrons. The summed E-state index contributed by atoms with van der Waals surface area (Å²) in [4.78, 5) is 28.4. The molecule has 0 radical (unpaired) electrons. The number of carbonyl (C=O) groups excluding carboxylic acids is 2. The second-order valence-corrected chi connectivity index (χ2v) is 7.01. The third-order valence-corrected chi connectivity index (χ3v) is 4.51. The van der Waals surface area contributed by atoms with Crippen molar-refractivity contribution >= 4 is 33.4 Å². The zero-order valence-corrected chi connectivity index (χ0v) is 16.4. The van der Waals surface area contributed by atoms with Gasteiger partial charge in [0.05, 0.1) is 6.33 Å². The van der Waals surface area contributed by atoms with Crippen LogP contribution in [0.4, 0.5) is 10.1 Å². The van der Waals surface area contributed by atoms with Gasteiger partial charge in [-0.05, 0) is 36.4 Å². The van der Waals surface area contributed by atoms with Crippen molar-refractivity contribution in [3.8, 4) is 0 Å². The Balaban J connectivity index is 1.56. The van der Waals surface area contributed by atoms with Crippen molar-refractivity contribution in [1.82, 2.24) is 14.9 Å². The van der Waals surface area contributed by atoms with Gasteiger partial charge in [0, 0.05) is 53.2 Å². The van der Waals surface area contributed by atoms with Crippen LogP contribution in [0.2, 0.25) is 0 Å². The third kappa shape index (κ3) is 5.50. The van der Waals surface area contributed by atoms with Crippen LogP contribution >= 0.6 is 15.9 Å². The Morgan fingerprint density at radius 1 is 1.18 bits per heavy atom. The summed E-state index contributed by atoms with van der Waals surface area (Å²) in [6, 6.07) is 11.2. The largest absolute Gasteiger partial charge is 0.348 e. The van der Waals surface area contributed by atoms with Crippen molar-refractivity contribution in [1.29, 1.82) is 0 Å². The molecule has 2 N–H and O–H groups in total. The molecule has 0 aliphatic rings. The lowest BCUT2D eigenvalue weighted by Gasteiger charge is -2.09. The lowest BCUT2D eigenvalue weighted by Crippen LogP contribution is -2.23. The van der Waals surface area contributed by atoms with Crippen molar-refractivity contribution in [2.75, 3.05) is 5.32 Å². The van der Waals surface area contributed by atoms with Gasteiger partial charge in [-0.3, -0.25) is 9.59 Å². The molecule has 0 spiro atoms. The van der Waals surface area contributed by atoms with Crippen LogP contribution < -0.4 is 10.6 Å². The average molecular weight is 445 g/mol. The molecule has 0 aliphatic carbocycles.